The maximum Gasteiger partial charge on any atom is 0.322 e. The van der Waals surface area contributed by atoms with E-state index in [4.69, 9.17) is 0 Å². The number of hydrogen-bond acceptors (Lipinski definition) is 3. The summed E-state index contributed by atoms with van der Waals surface area (Å²) in [4.78, 5) is 13.8. The predicted molar refractivity (Wildman–Crippen MR) is 76.2 cm³/mol. The van der Waals surface area contributed by atoms with E-state index in [1.54, 1.807) is 0 Å². The van der Waals surface area contributed by atoms with Gasteiger partial charge < -0.3 is 10.4 Å². The number of carboxylic acids is 1. The van der Waals surface area contributed by atoms with E-state index in [2.05, 4.69) is 10.2 Å². The Morgan fingerprint density at radius 2 is 1.95 bits per heavy atom. The van der Waals surface area contributed by atoms with Crippen LogP contribution in [0.2, 0.25) is 0 Å². The van der Waals surface area contributed by atoms with Crippen molar-refractivity contribution in [3.63, 3.8) is 0 Å². The fourth-order valence-corrected chi connectivity index (χ4v) is 3.79. The zero-order valence-corrected chi connectivity index (χ0v) is 12.3. The molecule has 110 valence electrons. The second kappa shape index (κ2) is 6.71. The molecule has 4 heteroatoms. The quantitative estimate of drug-likeness (QED) is 0.801. The molecule has 0 spiro atoms. The summed E-state index contributed by atoms with van der Waals surface area (Å²) in [5.41, 5.74) is 0. The summed E-state index contributed by atoms with van der Waals surface area (Å²) in [6.45, 7) is 5.75. The molecule has 4 nitrogen and oxygen atoms in total. The second-order valence-corrected chi connectivity index (χ2v) is 6.46. The molecule has 0 aromatic rings. The Hall–Kier alpha value is -0.610. The normalized spacial score (nSPS) is 30.1. The van der Waals surface area contributed by atoms with Crippen molar-refractivity contribution in [1.29, 1.82) is 0 Å². The highest BCUT2D eigenvalue weighted by atomic mass is 16.4. The lowest BCUT2D eigenvalue weighted by atomic mass is 9.78. The van der Waals surface area contributed by atoms with Crippen molar-refractivity contribution in [1.82, 2.24) is 10.2 Å². The first-order valence-electron chi connectivity index (χ1n) is 7.81. The summed E-state index contributed by atoms with van der Waals surface area (Å²) in [5, 5.41) is 12.5. The van der Waals surface area contributed by atoms with Crippen LogP contribution in [0.25, 0.3) is 0 Å². The monoisotopic (exact) mass is 268 g/mol. The number of aliphatic carboxylic acids is 1. The molecule has 3 atom stereocenters. The highest BCUT2D eigenvalue weighted by Gasteiger charge is 2.35. The number of likely N-dealkylation sites (tertiary alicyclic amines) is 1. The molecule has 1 saturated carbocycles. The van der Waals surface area contributed by atoms with Crippen molar-refractivity contribution in [3.8, 4) is 0 Å². The van der Waals surface area contributed by atoms with Crippen molar-refractivity contribution < 1.29 is 9.90 Å². The third-order valence-corrected chi connectivity index (χ3v) is 4.61. The van der Waals surface area contributed by atoms with Crippen LogP contribution in [0.4, 0.5) is 0 Å². The SMILES string of the molecule is CC(C)NC(CN1CCC[C@H]2CCCC[C@H]21)C(=O)O. The Bertz CT molecular complexity index is 305. The summed E-state index contributed by atoms with van der Waals surface area (Å²) >= 11 is 0. The Balaban J connectivity index is 1.96. The van der Waals surface area contributed by atoms with Crippen LogP contribution in [0.1, 0.15) is 52.4 Å². The molecule has 2 aliphatic rings. The minimum Gasteiger partial charge on any atom is -0.480 e. The molecule has 2 rings (SSSR count). The fraction of sp³-hybridized carbons (Fsp3) is 0.933. The van der Waals surface area contributed by atoms with Gasteiger partial charge in [0.1, 0.15) is 6.04 Å². The first kappa shape index (κ1) is 14.8. The van der Waals surface area contributed by atoms with Crippen LogP contribution in [0, 0.1) is 5.92 Å². The van der Waals surface area contributed by atoms with E-state index < -0.39 is 12.0 Å². The van der Waals surface area contributed by atoms with Gasteiger partial charge in [-0.25, -0.2) is 0 Å². The van der Waals surface area contributed by atoms with Gasteiger partial charge in [0.05, 0.1) is 0 Å². The summed E-state index contributed by atoms with van der Waals surface area (Å²) in [7, 11) is 0. The molecule has 0 aromatic heterocycles. The molecule has 1 saturated heterocycles. The van der Waals surface area contributed by atoms with Crippen LogP contribution in [0.5, 0.6) is 0 Å². The molecule has 0 bridgehead atoms. The maximum absolute atomic E-state index is 11.4. The first-order chi connectivity index (χ1) is 9.08. The number of piperidine rings is 1. The van der Waals surface area contributed by atoms with Gasteiger partial charge in [-0.1, -0.05) is 26.7 Å². The summed E-state index contributed by atoms with van der Waals surface area (Å²) in [6, 6.07) is 0.423. The molecule has 19 heavy (non-hydrogen) atoms. The van der Waals surface area contributed by atoms with E-state index in [0.29, 0.717) is 12.6 Å². The number of hydrogen-bond donors (Lipinski definition) is 2. The van der Waals surface area contributed by atoms with Crippen molar-refractivity contribution in [2.45, 2.75) is 70.5 Å². The third-order valence-electron chi connectivity index (χ3n) is 4.61. The van der Waals surface area contributed by atoms with Crippen molar-refractivity contribution in [2.24, 2.45) is 5.92 Å². The molecule has 1 aliphatic carbocycles. The molecule has 1 heterocycles. The van der Waals surface area contributed by atoms with Crippen LogP contribution in [0.15, 0.2) is 0 Å². The lowest BCUT2D eigenvalue weighted by molar-refractivity contribution is -0.140. The van der Waals surface area contributed by atoms with Crippen molar-refractivity contribution >= 4 is 5.97 Å². The third kappa shape index (κ3) is 3.93. The van der Waals surface area contributed by atoms with E-state index >= 15 is 0 Å². The van der Waals surface area contributed by atoms with Gasteiger partial charge >= 0.3 is 5.97 Å². The van der Waals surface area contributed by atoms with E-state index in [9.17, 15) is 9.90 Å². The Morgan fingerprint density at radius 3 is 2.63 bits per heavy atom. The van der Waals surface area contributed by atoms with Gasteiger partial charge in [0, 0.05) is 18.6 Å². The van der Waals surface area contributed by atoms with Gasteiger partial charge in [0.25, 0.3) is 0 Å². The van der Waals surface area contributed by atoms with Gasteiger partial charge in [-0.2, -0.15) is 0 Å². The van der Waals surface area contributed by atoms with E-state index in [1.807, 2.05) is 13.8 Å². The lowest BCUT2D eigenvalue weighted by Gasteiger charge is -2.45. The van der Waals surface area contributed by atoms with E-state index in [1.165, 1.54) is 38.5 Å². The van der Waals surface area contributed by atoms with Gasteiger partial charge in [-0.05, 0) is 38.1 Å². The summed E-state index contributed by atoms with van der Waals surface area (Å²) < 4.78 is 0. The Kier molecular flexibility index (Phi) is 5.22. The molecule has 0 aromatic carbocycles. The van der Waals surface area contributed by atoms with Crippen molar-refractivity contribution in [3.05, 3.63) is 0 Å². The molecule has 2 N–H and O–H groups in total. The highest BCUT2D eigenvalue weighted by Crippen LogP contribution is 2.35. The van der Waals surface area contributed by atoms with Crippen LogP contribution < -0.4 is 5.32 Å². The van der Waals surface area contributed by atoms with E-state index in [0.717, 1.165) is 12.5 Å². The van der Waals surface area contributed by atoms with Gasteiger partial charge in [-0.15, -0.1) is 0 Å². The molecule has 1 aliphatic heterocycles. The van der Waals surface area contributed by atoms with Gasteiger partial charge in [0.15, 0.2) is 0 Å². The highest BCUT2D eigenvalue weighted by molar-refractivity contribution is 5.73. The molecular weight excluding hydrogens is 240 g/mol. The number of nitrogens with zero attached hydrogens (tertiary/aromatic N) is 1. The first-order valence-corrected chi connectivity index (χ1v) is 7.81. The Labute approximate surface area is 116 Å². The van der Waals surface area contributed by atoms with Gasteiger partial charge in [-0.3, -0.25) is 9.69 Å². The average molecular weight is 268 g/mol. The molecule has 0 amide bonds. The fourth-order valence-electron chi connectivity index (χ4n) is 3.79. The number of carbonyl (C=O) groups is 1. The zero-order chi connectivity index (χ0) is 13.8. The lowest BCUT2D eigenvalue weighted by Crippen LogP contribution is -2.54. The molecular formula is C15H28N2O2. The minimum absolute atomic E-state index is 0.216. The van der Waals surface area contributed by atoms with Gasteiger partial charge in [0.2, 0.25) is 0 Å². The number of rotatable bonds is 5. The summed E-state index contributed by atoms with van der Waals surface area (Å²) in [5.74, 6) is 0.0997. The summed E-state index contributed by atoms with van der Waals surface area (Å²) in [6.07, 6.45) is 7.86. The maximum atomic E-state index is 11.4. The largest absolute Gasteiger partial charge is 0.480 e. The standard InChI is InChI=1S/C15H28N2O2/c1-11(2)16-13(15(18)19)10-17-9-5-7-12-6-3-4-8-14(12)17/h11-14,16H,3-10H2,1-2H3,(H,18,19)/t12-,13?,14-/m1/s1. The van der Waals surface area contributed by atoms with Crippen LogP contribution in [-0.2, 0) is 4.79 Å². The number of fused-ring (bicyclic) bond motifs is 1. The van der Waals surface area contributed by atoms with Crippen LogP contribution >= 0.6 is 0 Å². The van der Waals surface area contributed by atoms with E-state index in [-0.39, 0.29) is 6.04 Å². The zero-order valence-electron chi connectivity index (χ0n) is 12.3. The smallest absolute Gasteiger partial charge is 0.322 e. The molecule has 2 fully saturated rings. The predicted octanol–water partition coefficient (Wildman–Crippen LogP) is 2.09. The topological polar surface area (TPSA) is 52.6 Å². The van der Waals surface area contributed by atoms with Crippen LogP contribution in [0.3, 0.4) is 0 Å². The molecule has 0 radical (unpaired) electrons. The molecule has 1 unspecified atom stereocenters. The van der Waals surface area contributed by atoms with Crippen LogP contribution in [-0.4, -0.2) is 47.2 Å². The van der Waals surface area contributed by atoms with Crippen molar-refractivity contribution in [2.75, 3.05) is 13.1 Å². The Morgan fingerprint density at radius 1 is 1.26 bits per heavy atom. The number of carboxylic acid groups (broad SMARTS) is 1. The minimum atomic E-state index is -0.716. The average Bonchev–Trinajstić information content (AvgIpc) is 2.37. The second-order valence-electron chi connectivity index (χ2n) is 6.46. The number of nitrogens with one attached hydrogen (secondary N) is 1.